The van der Waals surface area contributed by atoms with Crippen molar-refractivity contribution in [2.24, 2.45) is 5.73 Å². The summed E-state index contributed by atoms with van der Waals surface area (Å²) in [5.74, 6) is 0.0344. The van der Waals surface area contributed by atoms with Gasteiger partial charge in [-0.3, -0.25) is 4.79 Å². The highest BCUT2D eigenvalue weighted by Gasteiger charge is 2.12. The fraction of sp³-hybridized carbons (Fsp3) is 0.350. The molecule has 3 N–H and O–H groups in total. The summed E-state index contributed by atoms with van der Waals surface area (Å²) >= 11 is 0. The van der Waals surface area contributed by atoms with Crippen molar-refractivity contribution in [2.75, 3.05) is 6.54 Å². The average Bonchev–Trinajstić information content (AvgIpc) is 2.60. The third-order valence-corrected chi connectivity index (χ3v) is 4.52. The van der Waals surface area contributed by atoms with E-state index in [4.69, 9.17) is 5.73 Å². The number of fused-ring (bicyclic) bond motifs is 1. The molecule has 4 heteroatoms. The van der Waals surface area contributed by atoms with Gasteiger partial charge in [-0.05, 0) is 47.9 Å². The van der Waals surface area contributed by atoms with Gasteiger partial charge in [0.15, 0.2) is 0 Å². The number of nitrogens with two attached hydrogens (primary N) is 1. The van der Waals surface area contributed by atoms with Crippen LogP contribution in [-0.4, -0.2) is 12.5 Å². The minimum atomic E-state index is -0.163. The number of nitrogens with one attached hydrogen (secondary N) is 1. The molecule has 128 valence electrons. The number of benzene rings is 2. The molecule has 0 radical (unpaired) electrons. The molecule has 0 aliphatic heterocycles. The van der Waals surface area contributed by atoms with Crippen molar-refractivity contribution in [2.45, 2.75) is 38.1 Å². The summed E-state index contributed by atoms with van der Waals surface area (Å²) in [4.78, 5) is 12.1. The van der Waals surface area contributed by atoms with Crippen molar-refractivity contribution in [1.82, 2.24) is 5.32 Å². The van der Waals surface area contributed by atoms with Gasteiger partial charge in [0.25, 0.3) is 0 Å². The van der Waals surface area contributed by atoms with Gasteiger partial charge in [0.1, 0.15) is 0 Å². The van der Waals surface area contributed by atoms with Crippen molar-refractivity contribution in [3.8, 4) is 0 Å². The van der Waals surface area contributed by atoms with E-state index in [-0.39, 0.29) is 24.4 Å². The van der Waals surface area contributed by atoms with Gasteiger partial charge >= 0.3 is 0 Å². The monoisotopic (exact) mass is 344 g/mol. The van der Waals surface area contributed by atoms with Crippen LogP contribution in [0.3, 0.4) is 0 Å². The quantitative estimate of drug-likeness (QED) is 0.874. The maximum absolute atomic E-state index is 12.1. The van der Waals surface area contributed by atoms with Gasteiger partial charge in [0.2, 0.25) is 5.91 Å². The molecule has 0 heterocycles. The predicted octanol–water partition coefficient (Wildman–Crippen LogP) is 3.35. The predicted molar refractivity (Wildman–Crippen MR) is 100 cm³/mol. The summed E-state index contributed by atoms with van der Waals surface area (Å²) in [6.45, 7) is 0.466. The molecule has 0 spiro atoms. The number of aryl methyl sites for hydroxylation is 2. The fourth-order valence-electron chi connectivity index (χ4n) is 3.19. The van der Waals surface area contributed by atoms with E-state index in [1.807, 2.05) is 30.3 Å². The van der Waals surface area contributed by atoms with Gasteiger partial charge in [-0.1, -0.05) is 48.5 Å². The summed E-state index contributed by atoms with van der Waals surface area (Å²) in [5.41, 5.74) is 11.1. The number of hydrogen-bond donors (Lipinski definition) is 2. The first-order chi connectivity index (χ1) is 11.2. The Bertz CT molecular complexity index is 673. The Kier molecular flexibility index (Phi) is 6.83. The molecule has 0 bridgehead atoms. The van der Waals surface area contributed by atoms with E-state index >= 15 is 0 Å². The molecular formula is C20H25ClN2O. The maximum atomic E-state index is 12.1. The molecule has 1 atom stereocenters. The number of carbonyl (C=O) groups is 1. The smallest absolute Gasteiger partial charge is 0.224 e. The minimum absolute atomic E-state index is 0. The van der Waals surface area contributed by atoms with E-state index in [2.05, 4.69) is 23.5 Å². The molecule has 3 rings (SSSR count). The molecule has 1 aliphatic carbocycles. The molecule has 1 aliphatic rings. The van der Waals surface area contributed by atoms with Crippen LogP contribution in [0.5, 0.6) is 0 Å². The largest absolute Gasteiger partial charge is 0.354 e. The normalized spacial score (nSPS) is 14.2. The second kappa shape index (κ2) is 8.86. The first-order valence-corrected chi connectivity index (χ1v) is 8.40. The number of carbonyl (C=O) groups excluding carboxylic acids is 1. The second-order valence-corrected chi connectivity index (χ2v) is 6.31. The van der Waals surface area contributed by atoms with Crippen molar-refractivity contribution < 1.29 is 4.79 Å². The Hall–Kier alpha value is -1.84. The highest BCUT2D eigenvalue weighted by molar-refractivity contribution is 5.85. The number of hydrogen-bond acceptors (Lipinski definition) is 2. The SMILES string of the molecule is Cl.NC(CNC(=O)Cc1ccc2c(c1)CCCC2)c1ccccc1. The lowest BCUT2D eigenvalue weighted by atomic mass is 9.90. The molecular weight excluding hydrogens is 320 g/mol. The van der Waals surface area contributed by atoms with Gasteiger partial charge in [-0.15, -0.1) is 12.4 Å². The van der Waals surface area contributed by atoms with E-state index in [1.165, 1.54) is 30.4 Å². The van der Waals surface area contributed by atoms with Crippen molar-refractivity contribution in [3.05, 3.63) is 70.8 Å². The molecule has 0 fully saturated rings. The first-order valence-electron chi connectivity index (χ1n) is 8.40. The third kappa shape index (κ3) is 4.83. The fourth-order valence-corrected chi connectivity index (χ4v) is 3.19. The van der Waals surface area contributed by atoms with Crippen molar-refractivity contribution in [3.63, 3.8) is 0 Å². The van der Waals surface area contributed by atoms with Crippen LogP contribution >= 0.6 is 12.4 Å². The summed E-state index contributed by atoms with van der Waals surface area (Å²) in [6.07, 6.45) is 5.28. The van der Waals surface area contributed by atoms with Crippen molar-refractivity contribution in [1.29, 1.82) is 0 Å². The van der Waals surface area contributed by atoms with Gasteiger partial charge in [-0.2, -0.15) is 0 Å². The van der Waals surface area contributed by atoms with Crippen LogP contribution < -0.4 is 11.1 Å². The van der Waals surface area contributed by atoms with E-state index < -0.39 is 0 Å². The van der Waals surface area contributed by atoms with Crippen LogP contribution in [-0.2, 0) is 24.1 Å². The molecule has 0 saturated carbocycles. The topological polar surface area (TPSA) is 55.1 Å². The van der Waals surface area contributed by atoms with E-state index in [1.54, 1.807) is 0 Å². The lowest BCUT2D eigenvalue weighted by Gasteiger charge is -2.17. The molecule has 1 amide bonds. The summed E-state index contributed by atoms with van der Waals surface area (Å²) in [6, 6.07) is 16.2. The van der Waals surface area contributed by atoms with Crippen molar-refractivity contribution >= 4 is 18.3 Å². The summed E-state index contributed by atoms with van der Waals surface area (Å²) in [7, 11) is 0. The van der Waals surface area contributed by atoms with Crippen LogP contribution in [0.25, 0.3) is 0 Å². The number of amides is 1. The van der Waals surface area contributed by atoms with Gasteiger partial charge in [0, 0.05) is 12.6 Å². The Labute approximate surface area is 150 Å². The molecule has 2 aromatic carbocycles. The zero-order valence-corrected chi connectivity index (χ0v) is 14.6. The van der Waals surface area contributed by atoms with Gasteiger partial charge in [-0.25, -0.2) is 0 Å². The molecule has 2 aromatic rings. The van der Waals surface area contributed by atoms with E-state index in [0.29, 0.717) is 13.0 Å². The summed E-state index contributed by atoms with van der Waals surface area (Å²) in [5, 5.41) is 2.95. The molecule has 1 unspecified atom stereocenters. The standard InChI is InChI=1S/C20H24N2O.ClH/c21-19(17-7-2-1-3-8-17)14-22-20(23)13-15-10-11-16-6-4-5-9-18(16)12-15;/h1-3,7-8,10-12,19H,4-6,9,13-14,21H2,(H,22,23);1H. The van der Waals surface area contributed by atoms with Crippen LogP contribution in [0.4, 0.5) is 0 Å². The maximum Gasteiger partial charge on any atom is 0.224 e. The Balaban J connectivity index is 0.00000208. The van der Waals surface area contributed by atoms with E-state index in [9.17, 15) is 4.79 Å². The third-order valence-electron chi connectivity index (χ3n) is 4.52. The Morgan fingerprint density at radius 3 is 2.50 bits per heavy atom. The van der Waals surface area contributed by atoms with E-state index in [0.717, 1.165) is 17.5 Å². The van der Waals surface area contributed by atoms with Crippen LogP contribution in [0.1, 0.15) is 41.1 Å². The average molecular weight is 345 g/mol. The highest BCUT2D eigenvalue weighted by Crippen LogP contribution is 2.22. The number of halogens is 1. The summed E-state index contributed by atoms with van der Waals surface area (Å²) < 4.78 is 0. The molecule has 3 nitrogen and oxygen atoms in total. The zero-order valence-electron chi connectivity index (χ0n) is 13.8. The van der Waals surface area contributed by atoms with Gasteiger partial charge < -0.3 is 11.1 Å². The molecule has 24 heavy (non-hydrogen) atoms. The van der Waals surface area contributed by atoms with Crippen LogP contribution in [0.2, 0.25) is 0 Å². The lowest BCUT2D eigenvalue weighted by molar-refractivity contribution is -0.120. The Morgan fingerprint density at radius 1 is 1.04 bits per heavy atom. The lowest BCUT2D eigenvalue weighted by Crippen LogP contribution is -2.32. The Morgan fingerprint density at radius 2 is 1.75 bits per heavy atom. The number of rotatable bonds is 5. The highest BCUT2D eigenvalue weighted by atomic mass is 35.5. The second-order valence-electron chi connectivity index (χ2n) is 6.31. The molecule has 0 saturated heterocycles. The molecule has 0 aromatic heterocycles. The van der Waals surface area contributed by atoms with Crippen LogP contribution in [0, 0.1) is 0 Å². The van der Waals surface area contributed by atoms with Gasteiger partial charge in [0.05, 0.1) is 6.42 Å². The minimum Gasteiger partial charge on any atom is -0.354 e. The first kappa shape index (κ1) is 18.5. The zero-order chi connectivity index (χ0) is 16.1. The van der Waals surface area contributed by atoms with Crippen LogP contribution in [0.15, 0.2) is 48.5 Å².